The predicted molar refractivity (Wildman–Crippen MR) is 105 cm³/mol. The minimum absolute atomic E-state index is 0.590. The molecule has 0 atom stereocenters. The number of hydrogen-bond donors (Lipinski definition) is 1. The third-order valence-electron chi connectivity index (χ3n) is 5.21. The molecule has 1 aliphatic heterocycles. The van der Waals surface area contributed by atoms with Crippen LogP contribution in [0, 0.1) is 0 Å². The lowest BCUT2D eigenvalue weighted by atomic mass is 9.98. The molecule has 2 aromatic rings. The van der Waals surface area contributed by atoms with E-state index >= 15 is 0 Å². The molecule has 2 heterocycles. The van der Waals surface area contributed by atoms with Crippen LogP contribution in [-0.2, 0) is 26.6 Å². The molecular formula is C21H32N4O. The van der Waals surface area contributed by atoms with Crippen molar-refractivity contribution >= 4 is 0 Å². The molecule has 5 nitrogen and oxygen atoms in total. The lowest BCUT2D eigenvalue weighted by molar-refractivity contribution is 0.0714. The number of benzene rings is 1. The molecule has 0 bridgehead atoms. The Hall–Kier alpha value is -1.69. The molecule has 0 spiro atoms. The van der Waals surface area contributed by atoms with Crippen LogP contribution < -0.4 is 0 Å². The first-order valence-electron chi connectivity index (χ1n) is 9.60. The van der Waals surface area contributed by atoms with Crippen LogP contribution in [0.3, 0.4) is 0 Å². The monoisotopic (exact) mass is 356 g/mol. The van der Waals surface area contributed by atoms with Crippen molar-refractivity contribution in [2.24, 2.45) is 7.05 Å². The third-order valence-corrected chi connectivity index (χ3v) is 5.21. The summed E-state index contributed by atoms with van der Waals surface area (Å²) in [4.78, 5) is 9.44. The quantitative estimate of drug-likeness (QED) is 0.828. The van der Waals surface area contributed by atoms with E-state index in [-0.39, 0.29) is 0 Å². The Morgan fingerprint density at radius 2 is 1.54 bits per heavy atom. The van der Waals surface area contributed by atoms with Crippen molar-refractivity contribution in [3.05, 3.63) is 53.6 Å². The number of aryl methyl sites for hydroxylation is 2. The molecule has 3 rings (SSSR count). The van der Waals surface area contributed by atoms with Crippen molar-refractivity contribution < 1.29 is 5.11 Å². The van der Waals surface area contributed by atoms with Gasteiger partial charge in [0, 0.05) is 52.2 Å². The molecule has 0 radical (unpaired) electrons. The molecule has 1 N–H and O–H groups in total. The number of aliphatic hydroxyl groups is 1. The van der Waals surface area contributed by atoms with Gasteiger partial charge in [0.1, 0.15) is 5.82 Å². The van der Waals surface area contributed by atoms with Gasteiger partial charge in [0.15, 0.2) is 0 Å². The molecule has 5 heteroatoms. The van der Waals surface area contributed by atoms with Crippen LogP contribution in [0.25, 0.3) is 0 Å². The Labute approximate surface area is 157 Å². The zero-order valence-electron chi connectivity index (χ0n) is 16.4. The molecule has 142 valence electrons. The molecule has 1 aromatic heterocycles. The van der Waals surface area contributed by atoms with E-state index in [1.807, 2.05) is 26.2 Å². The van der Waals surface area contributed by atoms with Gasteiger partial charge < -0.3 is 9.67 Å². The Kier molecular flexibility index (Phi) is 6.12. The molecule has 0 saturated carbocycles. The maximum atomic E-state index is 9.85. The van der Waals surface area contributed by atoms with Gasteiger partial charge in [-0.2, -0.15) is 0 Å². The summed E-state index contributed by atoms with van der Waals surface area (Å²) in [5, 5.41) is 9.85. The molecule has 0 amide bonds. The minimum atomic E-state index is -0.590. The van der Waals surface area contributed by atoms with Crippen LogP contribution in [0.15, 0.2) is 36.7 Å². The largest absolute Gasteiger partial charge is 0.390 e. The Bertz CT molecular complexity index is 679. The first-order valence-corrected chi connectivity index (χ1v) is 9.60. The fraction of sp³-hybridized carbons (Fsp3) is 0.571. The van der Waals surface area contributed by atoms with Crippen LogP contribution in [0.1, 0.15) is 37.2 Å². The van der Waals surface area contributed by atoms with Gasteiger partial charge in [-0.3, -0.25) is 9.80 Å². The van der Waals surface area contributed by atoms with Crippen molar-refractivity contribution in [1.29, 1.82) is 0 Å². The summed E-state index contributed by atoms with van der Waals surface area (Å²) < 4.78 is 2.10. The summed E-state index contributed by atoms with van der Waals surface area (Å²) in [5.41, 5.74) is 2.08. The number of imidazole rings is 1. The molecule has 1 fully saturated rings. The van der Waals surface area contributed by atoms with E-state index in [9.17, 15) is 5.11 Å². The van der Waals surface area contributed by atoms with Crippen LogP contribution >= 0.6 is 0 Å². The zero-order chi connectivity index (χ0) is 18.6. The average Bonchev–Trinajstić information content (AvgIpc) is 3.00. The van der Waals surface area contributed by atoms with Crippen molar-refractivity contribution in [2.45, 2.75) is 45.4 Å². The lowest BCUT2D eigenvalue weighted by Crippen LogP contribution is -2.45. The summed E-state index contributed by atoms with van der Waals surface area (Å²) in [6, 6.07) is 8.89. The topological polar surface area (TPSA) is 44.5 Å². The second-order valence-corrected chi connectivity index (χ2v) is 8.14. The fourth-order valence-corrected chi connectivity index (χ4v) is 3.37. The molecule has 26 heavy (non-hydrogen) atoms. The van der Waals surface area contributed by atoms with Crippen LogP contribution in [-0.4, -0.2) is 56.2 Å². The molecule has 1 aromatic carbocycles. The Morgan fingerprint density at radius 1 is 0.962 bits per heavy atom. The fourth-order valence-electron chi connectivity index (χ4n) is 3.37. The average molecular weight is 357 g/mol. The van der Waals surface area contributed by atoms with Gasteiger partial charge in [0.2, 0.25) is 0 Å². The van der Waals surface area contributed by atoms with Gasteiger partial charge in [-0.15, -0.1) is 0 Å². The summed E-state index contributed by atoms with van der Waals surface area (Å²) in [6.07, 6.45) is 5.60. The molecule has 1 aliphatic rings. The van der Waals surface area contributed by atoms with Crippen molar-refractivity contribution in [1.82, 2.24) is 19.4 Å². The van der Waals surface area contributed by atoms with E-state index in [1.54, 1.807) is 0 Å². The zero-order valence-corrected chi connectivity index (χ0v) is 16.4. The van der Waals surface area contributed by atoms with Gasteiger partial charge in [-0.05, 0) is 37.8 Å². The van der Waals surface area contributed by atoms with Gasteiger partial charge >= 0.3 is 0 Å². The molecule has 0 aliphatic carbocycles. The summed E-state index contributed by atoms with van der Waals surface area (Å²) in [5.74, 6) is 1.14. The van der Waals surface area contributed by atoms with Gasteiger partial charge in [-0.25, -0.2) is 4.98 Å². The molecular weight excluding hydrogens is 324 g/mol. The van der Waals surface area contributed by atoms with E-state index in [1.165, 1.54) is 11.1 Å². The van der Waals surface area contributed by atoms with Crippen molar-refractivity contribution in [2.75, 3.05) is 26.2 Å². The van der Waals surface area contributed by atoms with Gasteiger partial charge in [0.25, 0.3) is 0 Å². The van der Waals surface area contributed by atoms with Crippen molar-refractivity contribution in [3.63, 3.8) is 0 Å². The van der Waals surface area contributed by atoms with Gasteiger partial charge in [-0.1, -0.05) is 24.3 Å². The van der Waals surface area contributed by atoms with Crippen LogP contribution in [0.5, 0.6) is 0 Å². The maximum absolute atomic E-state index is 9.85. The normalized spacial score (nSPS) is 16.9. The standard InChI is InChI=1S/C21H32N4O/c1-21(2,26)9-8-18-4-6-19(7-5-18)16-24-12-14-25(15-13-24)17-20-22-10-11-23(20)3/h4-7,10-11,26H,8-9,12-17H2,1-3H3. The minimum Gasteiger partial charge on any atom is -0.390 e. The highest BCUT2D eigenvalue weighted by atomic mass is 16.3. The summed E-state index contributed by atoms with van der Waals surface area (Å²) in [6.45, 7) is 10.1. The van der Waals surface area contributed by atoms with E-state index in [0.717, 1.165) is 57.9 Å². The SMILES string of the molecule is Cn1ccnc1CN1CCN(Cc2ccc(CCC(C)(C)O)cc2)CC1. The number of piperazine rings is 1. The summed E-state index contributed by atoms with van der Waals surface area (Å²) >= 11 is 0. The third kappa shape index (κ3) is 5.66. The van der Waals surface area contributed by atoms with E-state index < -0.39 is 5.60 Å². The number of nitrogens with zero attached hydrogens (tertiary/aromatic N) is 4. The van der Waals surface area contributed by atoms with E-state index in [4.69, 9.17) is 0 Å². The highest BCUT2D eigenvalue weighted by Crippen LogP contribution is 2.15. The number of rotatable bonds is 7. The predicted octanol–water partition coefficient (Wildman–Crippen LogP) is 2.44. The van der Waals surface area contributed by atoms with Crippen LogP contribution in [0.2, 0.25) is 0 Å². The smallest absolute Gasteiger partial charge is 0.122 e. The second-order valence-electron chi connectivity index (χ2n) is 8.14. The molecule has 1 saturated heterocycles. The highest BCUT2D eigenvalue weighted by Gasteiger charge is 2.18. The van der Waals surface area contributed by atoms with E-state index in [2.05, 4.69) is 50.7 Å². The van der Waals surface area contributed by atoms with Gasteiger partial charge in [0.05, 0.1) is 12.1 Å². The van der Waals surface area contributed by atoms with Crippen molar-refractivity contribution in [3.8, 4) is 0 Å². The Morgan fingerprint density at radius 3 is 2.08 bits per heavy atom. The maximum Gasteiger partial charge on any atom is 0.122 e. The number of hydrogen-bond acceptors (Lipinski definition) is 4. The second kappa shape index (κ2) is 8.33. The molecule has 0 unspecified atom stereocenters. The first kappa shape index (κ1) is 19.1. The lowest BCUT2D eigenvalue weighted by Gasteiger charge is -2.34. The summed E-state index contributed by atoms with van der Waals surface area (Å²) in [7, 11) is 2.06. The number of aromatic nitrogens is 2. The van der Waals surface area contributed by atoms with Crippen LogP contribution in [0.4, 0.5) is 0 Å². The first-order chi connectivity index (χ1) is 12.4. The van der Waals surface area contributed by atoms with E-state index in [0.29, 0.717) is 0 Å². The Balaban J connectivity index is 1.43. The highest BCUT2D eigenvalue weighted by molar-refractivity contribution is 5.23.